The zero-order valence-corrected chi connectivity index (χ0v) is 12.2. The molecule has 9 heteroatoms. The van der Waals surface area contributed by atoms with Crippen molar-refractivity contribution in [2.75, 3.05) is 26.5 Å². The first-order valence-corrected chi connectivity index (χ1v) is 7.36. The Balaban J connectivity index is 4.44. The molecule has 1 unspecified atom stereocenters. The van der Waals surface area contributed by atoms with E-state index in [-0.39, 0.29) is 13.2 Å². The Hall–Kier alpha value is -1.35. The zero-order chi connectivity index (χ0) is 15.3. The summed E-state index contributed by atoms with van der Waals surface area (Å²) in [6.07, 6.45) is 1.07. The Labute approximate surface area is 112 Å². The van der Waals surface area contributed by atoms with E-state index in [0.29, 0.717) is 0 Å². The number of methoxy groups -OCH3 is 1. The van der Waals surface area contributed by atoms with Crippen molar-refractivity contribution >= 4 is 21.8 Å². The summed E-state index contributed by atoms with van der Waals surface area (Å²) in [6.45, 7) is 2.62. The Morgan fingerprint density at radius 2 is 1.89 bits per heavy atom. The quantitative estimate of drug-likeness (QED) is 0.566. The van der Waals surface area contributed by atoms with E-state index >= 15 is 0 Å². The molecule has 0 fully saturated rings. The van der Waals surface area contributed by atoms with Gasteiger partial charge in [-0.25, -0.2) is 18.0 Å². The van der Waals surface area contributed by atoms with E-state index in [1.54, 1.807) is 0 Å². The molecule has 0 aromatic rings. The van der Waals surface area contributed by atoms with E-state index in [4.69, 9.17) is 5.11 Å². The number of aliphatic carboxylic acids is 1. The lowest BCUT2D eigenvalue weighted by Crippen LogP contribution is -2.52. The molecule has 1 atom stereocenters. The smallest absolute Gasteiger partial charge is 0.328 e. The van der Waals surface area contributed by atoms with Crippen LogP contribution in [0, 0.1) is 0 Å². The van der Waals surface area contributed by atoms with Crippen LogP contribution >= 0.6 is 0 Å². The van der Waals surface area contributed by atoms with E-state index < -0.39 is 32.6 Å². The van der Waals surface area contributed by atoms with E-state index in [1.165, 1.54) is 21.0 Å². The van der Waals surface area contributed by atoms with Gasteiger partial charge in [-0.15, -0.1) is 0 Å². The molecular formula is C10H20N2O6S. The lowest BCUT2D eigenvalue weighted by atomic mass is 10.2. The number of amides is 2. The molecule has 2 amide bonds. The monoisotopic (exact) mass is 296 g/mol. The molecule has 8 nitrogen and oxygen atoms in total. The minimum absolute atomic E-state index is 0.128. The lowest BCUT2D eigenvalue weighted by Gasteiger charge is -2.23. The number of carboxylic acid groups (broad SMARTS) is 1. The molecule has 0 aliphatic carbocycles. The fourth-order valence-corrected chi connectivity index (χ4v) is 1.31. The molecule has 0 saturated heterocycles. The summed E-state index contributed by atoms with van der Waals surface area (Å²) >= 11 is 0. The highest BCUT2D eigenvalue weighted by Gasteiger charge is 2.31. The molecule has 0 heterocycles. The van der Waals surface area contributed by atoms with Gasteiger partial charge in [0.1, 0.15) is 0 Å². The molecule has 0 aliphatic heterocycles. The molecule has 0 aliphatic rings. The van der Waals surface area contributed by atoms with Crippen LogP contribution in [-0.4, -0.2) is 62.8 Å². The van der Waals surface area contributed by atoms with Crippen molar-refractivity contribution in [1.29, 1.82) is 0 Å². The number of sulfone groups is 1. The van der Waals surface area contributed by atoms with Gasteiger partial charge in [-0.1, -0.05) is 0 Å². The Morgan fingerprint density at radius 3 is 2.26 bits per heavy atom. The summed E-state index contributed by atoms with van der Waals surface area (Å²) in [7, 11) is -2.03. The third-order valence-electron chi connectivity index (χ3n) is 2.62. The van der Waals surface area contributed by atoms with Crippen molar-refractivity contribution < 1.29 is 27.9 Å². The van der Waals surface area contributed by atoms with E-state index in [9.17, 15) is 18.0 Å². The Morgan fingerprint density at radius 1 is 1.37 bits per heavy atom. The molecule has 0 bridgehead atoms. The first kappa shape index (κ1) is 17.6. The van der Waals surface area contributed by atoms with Crippen molar-refractivity contribution in [3.63, 3.8) is 0 Å². The second-order valence-corrected chi connectivity index (χ2v) is 7.35. The fourth-order valence-electron chi connectivity index (χ4n) is 0.975. The number of rotatable bonds is 7. The van der Waals surface area contributed by atoms with Gasteiger partial charge in [0.05, 0.1) is 11.4 Å². The van der Waals surface area contributed by atoms with Crippen LogP contribution in [0.3, 0.4) is 0 Å². The summed E-state index contributed by atoms with van der Waals surface area (Å²) in [5.41, 5.74) is 0. The largest absolute Gasteiger partial charge is 0.480 e. The molecule has 19 heavy (non-hydrogen) atoms. The number of carboxylic acids is 1. The van der Waals surface area contributed by atoms with E-state index in [2.05, 4.69) is 15.4 Å². The maximum absolute atomic E-state index is 11.5. The zero-order valence-electron chi connectivity index (χ0n) is 11.4. The van der Waals surface area contributed by atoms with Crippen LogP contribution in [0.4, 0.5) is 4.79 Å². The summed E-state index contributed by atoms with van der Waals surface area (Å²) in [5.74, 6) is -1.24. The molecule has 0 radical (unpaired) electrons. The van der Waals surface area contributed by atoms with Gasteiger partial charge in [0.15, 0.2) is 15.9 Å². The van der Waals surface area contributed by atoms with Gasteiger partial charge in [-0.05, 0) is 13.8 Å². The van der Waals surface area contributed by atoms with Crippen molar-refractivity contribution in [2.45, 2.75) is 24.6 Å². The lowest BCUT2D eigenvalue weighted by molar-refractivity contribution is -0.140. The number of carbonyl (C=O) groups excluding carboxylic acids is 1. The van der Waals surface area contributed by atoms with Crippen molar-refractivity contribution in [2.24, 2.45) is 0 Å². The number of urea groups is 1. The standard InChI is InChI=1S/C10H20N2O6S/c1-10(2,19(4,16)17)6-11-9(15)12-7(5-18-3)8(13)14/h7H,5-6H2,1-4H3,(H,13,14)(H2,11,12,15). The van der Waals surface area contributed by atoms with Gasteiger partial charge >= 0.3 is 12.0 Å². The minimum Gasteiger partial charge on any atom is -0.480 e. The molecule has 0 saturated carbocycles. The second kappa shape index (κ2) is 6.71. The van der Waals surface area contributed by atoms with Gasteiger partial charge in [0.25, 0.3) is 0 Å². The fraction of sp³-hybridized carbons (Fsp3) is 0.800. The van der Waals surface area contributed by atoms with Crippen LogP contribution in [-0.2, 0) is 19.4 Å². The van der Waals surface area contributed by atoms with Gasteiger partial charge < -0.3 is 20.5 Å². The minimum atomic E-state index is -3.34. The van der Waals surface area contributed by atoms with Crippen LogP contribution in [0.5, 0.6) is 0 Å². The normalized spacial score (nSPS) is 13.7. The number of carbonyl (C=O) groups is 2. The SMILES string of the molecule is COCC(NC(=O)NCC(C)(C)S(C)(=O)=O)C(=O)O. The molecule has 3 N–H and O–H groups in total. The van der Waals surface area contributed by atoms with E-state index in [0.717, 1.165) is 6.26 Å². The predicted octanol–water partition coefficient (Wildman–Crippen LogP) is -0.792. The Kier molecular flexibility index (Phi) is 6.23. The third-order valence-corrected chi connectivity index (χ3v) is 4.77. The van der Waals surface area contributed by atoms with Gasteiger partial charge in [-0.3, -0.25) is 0 Å². The van der Waals surface area contributed by atoms with Crippen molar-refractivity contribution in [3.8, 4) is 0 Å². The molecule has 0 spiro atoms. The first-order chi connectivity index (χ1) is 8.51. The average molecular weight is 296 g/mol. The van der Waals surface area contributed by atoms with Crippen LogP contribution in [0.2, 0.25) is 0 Å². The molecular weight excluding hydrogens is 276 g/mol. The number of nitrogens with one attached hydrogen (secondary N) is 2. The van der Waals surface area contributed by atoms with Crippen LogP contribution in [0.1, 0.15) is 13.8 Å². The summed E-state index contributed by atoms with van der Waals surface area (Å²) in [5, 5.41) is 13.3. The highest BCUT2D eigenvalue weighted by molar-refractivity contribution is 7.92. The third kappa shape index (κ3) is 5.88. The van der Waals surface area contributed by atoms with Gasteiger partial charge in [-0.2, -0.15) is 0 Å². The molecule has 0 rings (SSSR count). The first-order valence-electron chi connectivity index (χ1n) is 5.47. The van der Waals surface area contributed by atoms with Crippen LogP contribution in [0.15, 0.2) is 0 Å². The van der Waals surface area contributed by atoms with Crippen LogP contribution in [0.25, 0.3) is 0 Å². The highest BCUT2D eigenvalue weighted by Crippen LogP contribution is 2.13. The van der Waals surface area contributed by atoms with Gasteiger partial charge in [0.2, 0.25) is 0 Å². The Bertz CT molecular complexity index is 431. The van der Waals surface area contributed by atoms with Crippen molar-refractivity contribution in [3.05, 3.63) is 0 Å². The van der Waals surface area contributed by atoms with Gasteiger partial charge in [0, 0.05) is 19.9 Å². The average Bonchev–Trinajstić information content (AvgIpc) is 2.24. The molecule has 112 valence electrons. The number of ether oxygens (including phenoxy) is 1. The number of hydrogen-bond acceptors (Lipinski definition) is 5. The second-order valence-electron chi connectivity index (χ2n) is 4.71. The highest BCUT2D eigenvalue weighted by atomic mass is 32.2. The summed E-state index contributed by atoms with van der Waals surface area (Å²) in [4.78, 5) is 22.2. The maximum Gasteiger partial charge on any atom is 0.328 e. The van der Waals surface area contributed by atoms with E-state index in [1.807, 2.05) is 0 Å². The molecule has 0 aromatic carbocycles. The topological polar surface area (TPSA) is 122 Å². The maximum atomic E-state index is 11.5. The predicted molar refractivity (Wildman–Crippen MR) is 68.8 cm³/mol. The molecule has 0 aromatic heterocycles. The summed E-state index contributed by atoms with van der Waals surface area (Å²) < 4.78 is 26.3. The van der Waals surface area contributed by atoms with Crippen molar-refractivity contribution in [1.82, 2.24) is 10.6 Å². The number of hydrogen-bond donors (Lipinski definition) is 3. The summed E-state index contributed by atoms with van der Waals surface area (Å²) in [6, 6.07) is -1.95. The van der Waals surface area contributed by atoms with Crippen LogP contribution < -0.4 is 10.6 Å².